The molecule has 0 bridgehead atoms. The molecule has 0 fully saturated rings. The van der Waals surface area contributed by atoms with Crippen LogP contribution in [0.1, 0.15) is 143 Å². The van der Waals surface area contributed by atoms with Crippen molar-refractivity contribution in [3.63, 3.8) is 0 Å². The van der Waals surface area contributed by atoms with E-state index in [1.54, 1.807) is 0 Å². The van der Waals surface area contributed by atoms with E-state index in [-0.39, 0.29) is 25.2 Å². The largest absolute Gasteiger partial charge is 0.481 e. The van der Waals surface area contributed by atoms with Crippen LogP contribution < -0.4 is 5.32 Å². The lowest BCUT2D eigenvalue weighted by Crippen LogP contribution is -2.44. The number of ether oxygens (including phenoxy) is 1. The Morgan fingerprint density at radius 2 is 1.18 bits per heavy atom. The zero-order chi connectivity index (χ0) is 25.0. The summed E-state index contributed by atoms with van der Waals surface area (Å²) in [6.45, 7) is 7.68. The first kappa shape index (κ1) is 31.4. The molecule has 6 heteroatoms. The molecule has 0 aliphatic carbocycles. The van der Waals surface area contributed by atoms with Gasteiger partial charge < -0.3 is 15.2 Å². The minimum atomic E-state index is -0.922. The van der Waals surface area contributed by atoms with Crippen molar-refractivity contribution < 1.29 is 24.2 Å². The molecule has 0 rings (SSSR count). The van der Waals surface area contributed by atoms with Crippen LogP contribution in [0.4, 0.5) is 0 Å². The molecule has 0 saturated carbocycles. The fourth-order valence-electron chi connectivity index (χ4n) is 3.83. The van der Waals surface area contributed by atoms with Crippen LogP contribution in [0, 0.1) is 0 Å². The van der Waals surface area contributed by atoms with Gasteiger partial charge in [-0.2, -0.15) is 0 Å². The average molecular weight is 470 g/mol. The predicted molar refractivity (Wildman–Crippen MR) is 134 cm³/mol. The zero-order valence-electron chi connectivity index (χ0n) is 21.9. The molecule has 0 aliphatic rings. The van der Waals surface area contributed by atoms with Gasteiger partial charge in [-0.05, 0) is 33.6 Å². The quantitative estimate of drug-likeness (QED) is 0.140. The van der Waals surface area contributed by atoms with E-state index < -0.39 is 23.6 Å². The smallest absolute Gasteiger partial charge is 0.329 e. The number of nitrogens with one attached hydrogen (secondary N) is 1. The van der Waals surface area contributed by atoms with Crippen molar-refractivity contribution in [1.29, 1.82) is 0 Å². The van der Waals surface area contributed by atoms with Crippen molar-refractivity contribution in [3.05, 3.63) is 0 Å². The first-order chi connectivity index (χ1) is 15.7. The molecule has 0 spiro atoms. The van der Waals surface area contributed by atoms with Crippen LogP contribution in [0.2, 0.25) is 0 Å². The molecular formula is C27H51NO5. The summed E-state index contributed by atoms with van der Waals surface area (Å²) in [5.41, 5.74) is -0.612. The highest BCUT2D eigenvalue weighted by molar-refractivity contribution is 5.84. The second-order valence-corrected chi connectivity index (χ2v) is 10.3. The van der Waals surface area contributed by atoms with Crippen LogP contribution in [0.15, 0.2) is 0 Å². The van der Waals surface area contributed by atoms with Crippen LogP contribution in [0.25, 0.3) is 0 Å². The van der Waals surface area contributed by atoms with Crippen molar-refractivity contribution in [1.82, 2.24) is 5.32 Å². The maximum absolute atomic E-state index is 12.5. The van der Waals surface area contributed by atoms with Gasteiger partial charge in [-0.25, -0.2) is 4.79 Å². The lowest BCUT2D eigenvalue weighted by molar-refractivity contribution is -0.159. The molecule has 6 nitrogen and oxygen atoms in total. The molecular weight excluding hydrogens is 418 g/mol. The van der Waals surface area contributed by atoms with Gasteiger partial charge in [-0.1, -0.05) is 96.8 Å². The molecule has 2 N–H and O–H groups in total. The third-order valence-electron chi connectivity index (χ3n) is 5.67. The number of rotatable bonds is 21. The standard InChI is InChI=1S/C27H51NO5/c1-5-6-7-8-9-10-11-12-13-14-15-16-17-18-20-23(26(32)33-27(2,3)4)28-24(29)21-19-22-25(30)31/h23H,5-22H2,1-4H3,(H,28,29)(H,30,31). The number of amides is 1. The van der Waals surface area contributed by atoms with Crippen molar-refractivity contribution in [3.8, 4) is 0 Å². The van der Waals surface area contributed by atoms with E-state index in [0.717, 1.165) is 19.3 Å². The molecule has 33 heavy (non-hydrogen) atoms. The molecule has 1 atom stereocenters. The van der Waals surface area contributed by atoms with Crippen molar-refractivity contribution in [2.75, 3.05) is 0 Å². The highest BCUT2D eigenvalue weighted by Crippen LogP contribution is 2.15. The van der Waals surface area contributed by atoms with Crippen molar-refractivity contribution in [2.24, 2.45) is 0 Å². The molecule has 0 aromatic carbocycles. The number of hydrogen-bond acceptors (Lipinski definition) is 4. The summed E-state index contributed by atoms with van der Waals surface area (Å²) >= 11 is 0. The Morgan fingerprint density at radius 3 is 1.61 bits per heavy atom. The molecule has 0 aromatic rings. The van der Waals surface area contributed by atoms with Gasteiger partial charge in [0.15, 0.2) is 0 Å². The van der Waals surface area contributed by atoms with Crippen LogP contribution in [-0.4, -0.2) is 34.6 Å². The van der Waals surface area contributed by atoms with Crippen LogP contribution in [-0.2, 0) is 19.1 Å². The Morgan fingerprint density at radius 1 is 0.727 bits per heavy atom. The number of esters is 1. The monoisotopic (exact) mass is 469 g/mol. The van der Waals surface area contributed by atoms with Crippen molar-refractivity contribution >= 4 is 17.8 Å². The minimum Gasteiger partial charge on any atom is -0.481 e. The number of carboxylic acid groups (broad SMARTS) is 1. The molecule has 0 heterocycles. The Balaban J connectivity index is 4.02. The molecule has 194 valence electrons. The van der Waals surface area contributed by atoms with E-state index in [4.69, 9.17) is 9.84 Å². The van der Waals surface area contributed by atoms with Gasteiger partial charge in [-0.15, -0.1) is 0 Å². The summed E-state index contributed by atoms with van der Waals surface area (Å²) in [6, 6.07) is -0.668. The first-order valence-corrected chi connectivity index (χ1v) is 13.4. The molecule has 0 aliphatic heterocycles. The highest BCUT2D eigenvalue weighted by atomic mass is 16.6. The van der Waals surface area contributed by atoms with Crippen LogP contribution in [0.5, 0.6) is 0 Å². The lowest BCUT2D eigenvalue weighted by atomic mass is 10.0. The Labute approximate surface area is 202 Å². The van der Waals surface area contributed by atoms with Gasteiger partial charge in [0.25, 0.3) is 0 Å². The Hall–Kier alpha value is -1.59. The summed E-state index contributed by atoms with van der Waals surface area (Å²) in [6.07, 6.45) is 18.6. The minimum absolute atomic E-state index is 0.0521. The fraction of sp³-hybridized carbons (Fsp3) is 0.889. The van der Waals surface area contributed by atoms with Gasteiger partial charge in [0, 0.05) is 12.8 Å². The van der Waals surface area contributed by atoms with Gasteiger partial charge in [0.2, 0.25) is 5.91 Å². The van der Waals surface area contributed by atoms with E-state index >= 15 is 0 Å². The fourth-order valence-corrected chi connectivity index (χ4v) is 3.83. The van der Waals surface area contributed by atoms with Gasteiger partial charge >= 0.3 is 11.9 Å². The van der Waals surface area contributed by atoms with Crippen LogP contribution >= 0.6 is 0 Å². The lowest BCUT2D eigenvalue weighted by Gasteiger charge is -2.24. The summed E-state index contributed by atoms with van der Waals surface area (Å²) in [4.78, 5) is 35.3. The van der Waals surface area contributed by atoms with Crippen molar-refractivity contribution in [2.45, 2.75) is 155 Å². The third kappa shape index (κ3) is 22.0. The molecule has 0 saturated heterocycles. The SMILES string of the molecule is CCCCCCCCCCCCCCCCC(NC(=O)CCCC(=O)O)C(=O)OC(C)(C)C. The van der Waals surface area contributed by atoms with E-state index in [1.165, 1.54) is 70.6 Å². The summed E-state index contributed by atoms with van der Waals surface area (Å²) < 4.78 is 5.47. The average Bonchev–Trinajstić information content (AvgIpc) is 2.71. The predicted octanol–water partition coefficient (Wildman–Crippen LogP) is 6.94. The highest BCUT2D eigenvalue weighted by Gasteiger charge is 2.26. The molecule has 0 aromatic heterocycles. The zero-order valence-corrected chi connectivity index (χ0v) is 21.9. The number of aliphatic carboxylic acids is 1. The normalized spacial score (nSPS) is 12.4. The summed E-state index contributed by atoms with van der Waals surface area (Å²) in [7, 11) is 0. The maximum atomic E-state index is 12.5. The molecule has 1 unspecified atom stereocenters. The second-order valence-electron chi connectivity index (χ2n) is 10.3. The van der Waals surface area contributed by atoms with E-state index in [1.807, 2.05) is 20.8 Å². The van der Waals surface area contributed by atoms with E-state index in [2.05, 4.69) is 12.2 Å². The number of hydrogen-bond donors (Lipinski definition) is 2. The first-order valence-electron chi connectivity index (χ1n) is 13.4. The van der Waals surface area contributed by atoms with Gasteiger partial charge in [-0.3, -0.25) is 9.59 Å². The summed E-state index contributed by atoms with van der Waals surface area (Å²) in [5.74, 6) is -1.63. The number of unbranched alkanes of at least 4 members (excludes halogenated alkanes) is 13. The number of carbonyl (C=O) groups is 3. The maximum Gasteiger partial charge on any atom is 0.329 e. The number of carbonyl (C=O) groups excluding carboxylic acids is 2. The van der Waals surface area contributed by atoms with Crippen LogP contribution in [0.3, 0.4) is 0 Å². The number of carboxylic acids is 1. The third-order valence-corrected chi connectivity index (χ3v) is 5.67. The van der Waals surface area contributed by atoms with Gasteiger partial charge in [0.1, 0.15) is 11.6 Å². The topological polar surface area (TPSA) is 92.7 Å². The molecule has 1 amide bonds. The van der Waals surface area contributed by atoms with Gasteiger partial charge in [0.05, 0.1) is 0 Å². The second kappa shape index (κ2) is 19.8. The molecule has 0 radical (unpaired) electrons. The van der Waals surface area contributed by atoms with E-state index in [9.17, 15) is 14.4 Å². The van der Waals surface area contributed by atoms with E-state index in [0.29, 0.717) is 6.42 Å². The summed E-state index contributed by atoms with van der Waals surface area (Å²) in [5, 5.41) is 11.5. The Kier molecular flexibility index (Phi) is 18.9. The Bertz CT molecular complexity index is 527.